The summed E-state index contributed by atoms with van der Waals surface area (Å²) in [4.78, 5) is 12.9. The number of aryl methyl sites for hydroxylation is 2. The molecule has 104 valence electrons. The van der Waals surface area contributed by atoms with Gasteiger partial charge in [-0.1, -0.05) is 28.8 Å². The van der Waals surface area contributed by atoms with E-state index in [0.29, 0.717) is 10.6 Å². The maximum atomic E-state index is 12.2. The number of amides is 1. The molecule has 0 bridgehead atoms. The van der Waals surface area contributed by atoms with Crippen molar-refractivity contribution < 1.29 is 4.79 Å². The molecule has 1 aliphatic carbocycles. The molecule has 1 heterocycles. The van der Waals surface area contributed by atoms with E-state index in [0.717, 1.165) is 37.2 Å². The fourth-order valence-electron chi connectivity index (χ4n) is 2.72. The third-order valence-electron chi connectivity index (χ3n) is 3.78. The maximum absolute atomic E-state index is 12.2. The van der Waals surface area contributed by atoms with E-state index in [1.54, 1.807) is 0 Å². The molecule has 0 saturated carbocycles. The van der Waals surface area contributed by atoms with Crippen molar-refractivity contribution in [3.63, 3.8) is 0 Å². The molecule has 1 aliphatic rings. The average molecular weight is 287 g/mol. The molecule has 1 N–H and O–H groups in total. The van der Waals surface area contributed by atoms with Gasteiger partial charge in [0.05, 0.1) is 5.69 Å². The lowest BCUT2D eigenvalue weighted by molar-refractivity contribution is 0.0938. The molecule has 4 nitrogen and oxygen atoms in total. The zero-order valence-electron chi connectivity index (χ0n) is 11.4. The Morgan fingerprint density at radius 1 is 1.35 bits per heavy atom. The van der Waals surface area contributed by atoms with Gasteiger partial charge in [0.2, 0.25) is 0 Å². The maximum Gasteiger partial charge on any atom is 0.265 e. The predicted octanol–water partition coefficient (Wildman–Crippen LogP) is 2.52. The molecule has 20 heavy (non-hydrogen) atoms. The molecule has 3 rings (SSSR count). The molecule has 1 aromatic heterocycles. The fraction of sp³-hybridized carbons (Fsp3) is 0.400. The Bertz CT molecular complexity index is 623. The summed E-state index contributed by atoms with van der Waals surface area (Å²) in [6, 6.07) is 8.72. The van der Waals surface area contributed by atoms with E-state index in [4.69, 9.17) is 0 Å². The summed E-state index contributed by atoms with van der Waals surface area (Å²) >= 11 is 1.16. The van der Waals surface area contributed by atoms with Gasteiger partial charge in [-0.05, 0) is 55.3 Å². The third-order valence-corrected chi connectivity index (χ3v) is 4.60. The molecule has 1 unspecified atom stereocenters. The Morgan fingerprint density at radius 2 is 2.15 bits per heavy atom. The van der Waals surface area contributed by atoms with Crippen LogP contribution in [0.3, 0.4) is 0 Å². The van der Waals surface area contributed by atoms with Crippen LogP contribution in [0.2, 0.25) is 0 Å². The second kappa shape index (κ2) is 5.71. The van der Waals surface area contributed by atoms with Gasteiger partial charge in [0, 0.05) is 6.04 Å². The summed E-state index contributed by atoms with van der Waals surface area (Å²) in [7, 11) is 0. The lowest BCUT2D eigenvalue weighted by Gasteiger charge is -2.16. The molecule has 5 heteroatoms. The lowest BCUT2D eigenvalue weighted by atomic mass is 10.0. The van der Waals surface area contributed by atoms with Crippen LogP contribution in [-0.4, -0.2) is 21.5 Å². The monoisotopic (exact) mass is 287 g/mol. The number of hydrogen-bond acceptors (Lipinski definition) is 4. The van der Waals surface area contributed by atoms with Gasteiger partial charge in [-0.25, -0.2) is 0 Å². The van der Waals surface area contributed by atoms with Crippen molar-refractivity contribution in [2.24, 2.45) is 0 Å². The molecular weight excluding hydrogens is 270 g/mol. The van der Waals surface area contributed by atoms with Crippen molar-refractivity contribution in [3.05, 3.63) is 46.0 Å². The Kier molecular flexibility index (Phi) is 3.78. The fourth-order valence-corrected chi connectivity index (χ4v) is 3.28. The Labute approximate surface area is 122 Å². The van der Waals surface area contributed by atoms with Gasteiger partial charge >= 0.3 is 0 Å². The number of rotatable bonds is 2. The first-order valence-corrected chi connectivity index (χ1v) is 7.68. The summed E-state index contributed by atoms with van der Waals surface area (Å²) in [5, 5.41) is 7.03. The number of carbonyl (C=O) groups excluding carboxylic acids is 1. The molecule has 2 aromatic rings. The van der Waals surface area contributed by atoms with Crippen LogP contribution in [0.4, 0.5) is 0 Å². The van der Waals surface area contributed by atoms with Crippen molar-refractivity contribution in [1.82, 2.24) is 14.9 Å². The number of aromatic nitrogens is 2. The van der Waals surface area contributed by atoms with E-state index < -0.39 is 0 Å². The summed E-state index contributed by atoms with van der Waals surface area (Å²) in [5.74, 6) is -0.0399. The highest BCUT2D eigenvalue weighted by atomic mass is 32.1. The lowest BCUT2D eigenvalue weighted by Crippen LogP contribution is -2.36. The summed E-state index contributed by atoms with van der Waals surface area (Å²) in [6.45, 7) is 1.82. The Morgan fingerprint density at radius 3 is 2.90 bits per heavy atom. The van der Waals surface area contributed by atoms with Crippen molar-refractivity contribution in [1.29, 1.82) is 0 Å². The van der Waals surface area contributed by atoms with E-state index >= 15 is 0 Å². The first-order valence-electron chi connectivity index (χ1n) is 6.90. The number of nitrogens with one attached hydrogen (secondary N) is 1. The third kappa shape index (κ3) is 2.72. The highest BCUT2D eigenvalue weighted by molar-refractivity contribution is 7.08. The van der Waals surface area contributed by atoms with Crippen LogP contribution in [0.5, 0.6) is 0 Å². The number of fused-ring (bicyclic) bond motifs is 1. The standard InChI is InChI=1S/C15H17N3OS/c1-10-14(20-18-17-10)15(19)16-13-8-4-7-11-5-2-3-6-12(11)9-13/h2-3,5-6,13H,4,7-9H2,1H3,(H,16,19). The van der Waals surface area contributed by atoms with E-state index in [9.17, 15) is 4.79 Å². The molecule has 1 amide bonds. The molecule has 0 aliphatic heterocycles. The quantitative estimate of drug-likeness (QED) is 0.864. The number of nitrogens with zero attached hydrogens (tertiary/aromatic N) is 2. The Balaban J connectivity index is 1.73. The highest BCUT2D eigenvalue weighted by Gasteiger charge is 2.21. The zero-order valence-corrected chi connectivity index (χ0v) is 12.2. The molecular formula is C15H17N3OS. The molecule has 0 fully saturated rings. The second-order valence-electron chi connectivity index (χ2n) is 5.22. The second-order valence-corrected chi connectivity index (χ2v) is 5.98. The number of benzene rings is 1. The molecule has 0 saturated heterocycles. The first kappa shape index (κ1) is 13.2. The van der Waals surface area contributed by atoms with Gasteiger partial charge in [0.1, 0.15) is 4.88 Å². The number of carbonyl (C=O) groups is 1. The molecule has 1 atom stereocenters. The van der Waals surface area contributed by atoms with Crippen molar-refractivity contribution in [3.8, 4) is 0 Å². The smallest absolute Gasteiger partial charge is 0.265 e. The van der Waals surface area contributed by atoms with Crippen LogP contribution in [0.15, 0.2) is 24.3 Å². The average Bonchev–Trinajstić information content (AvgIpc) is 2.76. The van der Waals surface area contributed by atoms with Gasteiger partial charge in [0.25, 0.3) is 5.91 Å². The predicted molar refractivity (Wildman–Crippen MR) is 79.0 cm³/mol. The van der Waals surface area contributed by atoms with Crippen LogP contribution in [0.25, 0.3) is 0 Å². The summed E-state index contributed by atoms with van der Waals surface area (Å²) < 4.78 is 3.82. The van der Waals surface area contributed by atoms with Crippen molar-refractivity contribution in [2.45, 2.75) is 38.6 Å². The van der Waals surface area contributed by atoms with Gasteiger partial charge in [-0.15, -0.1) is 5.10 Å². The molecule has 0 spiro atoms. The minimum absolute atomic E-state index is 0.0399. The molecule has 0 radical (unpaired) electrons. The van der Waals surface area contributed by atoms with Crippen LogP contribution < -0.4 is 5.32 Å². The van der Waals surface area contributed by atoms with E-state index in [1.165, 1.54) is 11.1 Å². The Hall–Kier alpha value is -1.75. The summed E-state index contributed by atoms with van der Waals surface area (Å²) in [6.07, 6.45) is 4.14. The minimum atomic E-state index is -0.0399. The van der Waals surface area contributed by atoms with Gasteiger partial charge in [0.15, 0.2) is 0 Å². The van der Waals surface area contributed by atoms with Crippen molar-refractivity contribution in [2.75, 3.05) is 0 Å². The normalized spacial score (nSPS) is 18.1. The topological polar surface area (TPSA) is 54.9 Å². The SMILES string of the molecule is Cc1nnsc1C(=O)NC1CCCc2ccccc2C1. The van der Waals surface area contributed by atoms with E-state index in [2.05, 4.69) is 39.2 Å². The van der Waals surface area contributed by atoms with Crippen LogP contribution in [0, 0.1) is 6.92 Å². The van der Waals surface area contributed by atoms with Gasteiger partial charge in [-0.2, -0.15) is 0 Å². The van der Waals surface area contributed by atoms with E-state index in [1.807, 2.05) is 6.92 Å². The number of hydrogen-bond donors (Lipinski definition) is 1. The van der Waals surface area contributed by atoms with Gasteiger partial charge in [-0.3, -0.25) is 4.79 Å². The first-order chi connectivity index (χ1) is 9.74. The van der Waals surface area contributed by atoms with Crippen molar-refractivity contribution >= 4 is 17.4 Å². The minimum Gasteiger partial charge on any atom is -0.348 e. The highest BCUT2D eigenvalue weighted by Crippen LogP contribution is 2.21. The van der Waals surface area contributed by atoms with Gasteiger partial charge < -0.3 is 5.32 Å². The summed E-state index contributed by atoms with van der Waals surface area (Å²) in [5.41, 5.74) is 3.48. The van der Waals surface area contributed by atoms with Crippen LogP contribution in [0.1, 0.15) is 39.3 Å². The van der Waals surface area contributed by atoms with Crippen LogP contribution in [-0.2, 0) is 12.8 Å². The largest absolute Gasteiger partial charge is 0.348 e. The zero-order chi connectivity index (χ0) is 13.9. The van der Waals surface area contributed by atoms with E-state index in [-0.39, 0.29) is 11.9 Å². The van der Waals surface area contributed by atoms with Crippen LogP contribution >= 0.6 is 11.5 Å². The molecule has 1 aromatic carbocycles.